The van der Waals surface area contributed by atoms with Crippen LogP contribution in [0.5, 0.6) is 0 Å². The summed E-state index contributed by atoms with van der Waals surface area (Å²) in [6.07, 6.45) is 1.89. The van der Waals surface area contributed by atoms with E-state index in [1.807, 2.05) is 17.0 Å². The molecule has 0 bridgehead atoms. The molecule has 3 aromatic rings. The number of aromatic nitrogens is 2. The first-order valence-corrected chi connectivity index (χ1v) is 21.4. The average Bonchev–Trinajstić information content (AvgIpc) is 3.71. The number of piperidine rings is 1. The molecule has 0 radical (unpaired) electrons. The Morgan fingerprint density at radius 3 is 2.42 bits per heavy atom. The Kier molecular flexibility index (Phi) is 14.8. The molecule has 2 fully saturated rings. The Labute approximate surface area is 364 Å². The molecule has 330 valence electrons. The van der Waals surface area contributed by atoms with E-state index in [4.69, 9.17) is 21.1 Å². The highest BCUT2D eigenvalue weighted by atomic mass is 35.5. The zero-order valence-electron chi connectivity index (χ0n) is 34.6. The van der Waals surface area contributed by atoms with Crippen LogP contribution in [0.25, 0.3) is 0 Å². The van der Waals surface area contributed by atoms with Crippen molar-refractivity contribution in [1.82, 2.24) is 35.7 Å². The standard InChI is InChI=1S/C43H52ClN9O9/c1-26-23-33(54)38-36(26)39(49-25-48-38)51-15-17-52(18-16-51)41(58)30(27-5-7-28(44)8-6-27)24-45-12-11-34(55)47-14-20-62-22-21-61-19-13-46-31-4-2-3-29-37(31)43(60)53(42(29)59)32-9-10-35(56)50-40(32)57/h2-8,25-26,30,32-33,45-46,54H,9-24H2,1H3,(H,47,55)(H,50,56,57)/t26-,30?,32?,33-/m1/s1. The fourth-order valence-corrected chi connectivity index (χ4v) is 8.52. The molecule has 3 aliphatic heterocycles. The van der Waals surface area contributed by atoms with Crippen molar-refractivity contribution in [3.8, 4) is 0 Å². The second kappa shape index (κ2) is 20.6. The van der Waals surface area contributed by atoms with Crippen molar-refractivity contribution in [2.45, 2.75) is 56.6 Å². The van der Waals surface area contributed by atoms with Gasteiger partial charge < -0.3 is 40.3 Å². The first-order valence-electron chi connectivity index (χ1n) is 21.0. The molecule has 2 unspecified atom stereocenters. The van der Waals surface area contributed by atoms with Gasteiger partial charge in [-0.1, -0.05) is 36.7 Å². The number of hydrogen-bond acceptors (Lipinski definition) is 14. The van der Waals surface area contributed by atoms with Gasteiger partial charge in [0.25, 0.3) is 11.8 Å². The summed E-state index contributed by atoms with van der Waals surface area (Å²) in [5.41, 5.74) is 3.34. The summed E-state index contributed by atoms with van der Waals surface area (Å²) in [5.74, 6) is -1.90. The van der Waals surface area contributed by atoms with Crippen LogP contribution in [0.15, 0.2) is 48.8 Å². The molecule has 2 saturated heterocycles. The average molecular weight is 874 g/mol. The van der Waals surface area contributed by atoms with Crippen LogP contribution in [0.4, 0.5) is 11.5 Å². The van der Waals surface area contributed by atoms with Crippen molar-refractivity contribution in [3.05, 3.63) is 81.8 Å². The summed E-state index contributed by atoms with van der Waals surface area (Å²) in [6, 6.07) is 11.1. The molecule has 18 nitrogen and oxygen atoms in total. The van der Waals surface area contributed by atoms with Crippen LogP contribution in [0.1, 0.15) is 88.1 Å². The number of nitrogens with zero attached hydrogens (tertiary/aromatic N) is 5. The third-order valence-electron chi connectivity index (χ3n) is 11.6. The van der Waals surface area contributed by atoms with Crippen molar-refractivity contribution >= 4 is 58.5 Å². The lowest BCUT2D eigenvalue weighted by Gasteiger charge is -2.38. The van der Waals surface area contributed by atoms with Gasteiger partial charge >= 0.3 is 0 Å². The van der Waals surface area contributed by atoms with Crippen LogP contribution >= 0.6 is 11.6 Å². The van der Waals surface area contributed by atoms with Crippen LogP contribution in [0, 0.1) is 0 Å². The molecule has 0 spiro atoms. The molecule has 4 aliphatic rings. The molecule has 4 heterocycles. The summed E-state index contributed by atoms with van der Waals surface area (Å²) in [5, 5.41) is 22.5. The molecule has 4 atom stereocenters. The number of piperazine rings is 1. The molecule has 62 heavy (non-hydrogen) atoms. The fraction of sp³-hybridized carbons (Fsp3) is 0.488. The zero-order valence-corrected chi connectivity index (χ0v) is 35.3. The minimum absolute atomic E-state index is 0.00773. The zero-order chi connectivity index (χ0) is 43.8. The van der Waals surface area contributed by atoms with Crippen LogP contribution in [-0.4, -0.2) is 145 Å². The molecule has 7 rings (SSSR count). The number of fused-ring (bicyclic) bond motifs is 2. The van der Waals surface area contributed by atoms with E-state index in [-0.39, 0.29) is 61.3 Å². The summed E-state index contributed by atoms with van der Waals surface area (Å²) in [4.78, 5) is 90.6. The Hall–Kier alpha value is -5.53. The quantitative estimate of drug-likeness (QED) is 0.0856. The molecule has 5 N–H and O–H groups in total. The number of hydrogen-bond donors (Lipinski definition) is 5. The monoisotopic (exact) mass is 873 g/mol. The van der Waals surface area contributed by atoms with Crippen LogP contribution in [0.2, 0.25) is 5.02 Å². The summed E-state index contributed by atoms with van der Waals surface area (Å²) in [7, 11) is 0. The Bertz CT molecular complexity index is 2150. The van der Waals surface area contributed by atoms with E-state index in [0.717, 1.165) is 21.8 Å². The first-order chi connectivity index (χ1) is 30.0. The minimum atomic E-state index is -1.04. The number of imide groups is 2. The van der Waals surface area contributed by atoms with E-state index in [1.54, 1.807) is 24.3 Å². The number of ether oxygens (including phenoxy) is 2. The van der Waals surface area contributed by atoms with Gasteiger partial charge in [-0.25, -0.2) is 9.97 Å². The van der Waals surface area contributed by atoms with Gasteiger partial charge in [-0.05, 0) is 48.6 Å². The maximum Gasteiger partial charge on any atom is 0.264 e. The number of aliphatic hydroxyl groups is 1. The molecule has 1 aromatic heterocycles. The number of anilines is 2. The van der Waals surface area contributed by atoms with Crippen LogP contribution in [0.3, 0.4) is 0 Å². The largest absolute Gasteiger partial charge is 0.387 e. The van der Waals surface area contributed by atoms with E-state index in [1.165, 1.54) is 12.4 Å². The minimum Gasteiger partial charge on any atom is -0.387 e. The number of carbonyl (C=O) groups excluding carboxylic acids is 6. The van der Waals surface area contributed by atoms with Crippen LogP contribution in [-0.2, 0) is 28.7 Å². The highest BCUT2D eigenvalue weighted by molar-refractivity contribution is 6.30. The molecule has 6 amide bonds. The van der Waals surface area contributed by atoms with E-state index in [0.29, 0.717) is 88.4 Å². The third kappa shape index (κ3) is 10.2. The predicted octanol–water partition coefficient (Wildman–Crippen LogP) is 1.75. The number of aliphatic hydroxyl groups excluding tert-OH is 1. The maximum absolute atomic E-state index is 14.0. The molecule has 0 saturated carbocycles. The molecule has 19 heteroatoms. The van der Waals surface area contributed by atoms with E-state index < -0.39 is 41.7 Å². The Morgan fingerprint density at radius 2 is 1.68 bits per heavy atom. The SMILES string of the molecule is C[C@@H]1C[C@@H](O)c2ncnc(N3CCN(C(=O)C(CNCCC(=O)NCCOCCOCCNc4cccc5c4C(=O)N(C4CCC(=O)NC4=O)C5=O)c4ccc(Cl)cc4)CC3)c21. The number of amides is 6. The highest BCUT2D eigenvalue weighted by Gasteiger charge is 2.45. The summed E-state index contributed by atoms with van der Waals surface area (Å²) in [6.45, 7) is 6.87. The summed E-state index contributed by atoms with van der Waals surface area (Å²) >= 11 is 6.17. The van der Waals surface area contributed by atoms with E-state index in [2.05, 4.69) is 43.1 Å². The maximum atomic E-state index is 14.0. The highest BCUT2D eigenvalue weighted by Crippen LogP contribution is 2.43. The Balaban J connectivity index is 0.766. The molecule has 2 aromatic carbocycles. The summed E-state index contributed by atoms with van der Waals surface area (Å²) < 4.78 is 11.2. The topological polar surface area (TPSA) is 225 Å². The lowest BCUT2D eigenvalue weighted by molar-refractivity contribution is -0.136. The third-order valence-corrected chi connectivity index (χ3v) is 11.8. The van der Waals surface area contributed by atoms with Crippen molar-refractivity contribution in [3.63, 3.8) is 0 Å². The Morgan fingerprint density at radius 1 is 0.935 bits per heavy atom. The number of nitrogens with one attached hydrogen (secondary N) is 4. The van der Waals surface area contributed by atoms with Gasteiger partial charge in [0.15, 0.2) is 0 Å². The van der Waals surface area contributed by atoms with Gasteiger partial charge in [-0.3, -0.25) is 39.0 Å². The number of halogens is 1. The number of carbonyl (C=O) groups is 6. The number of benzene rings is 2. The van der Waals surface area contributed by atoms with Gasteiger partial charge in [0.2, 0.25) is 23.6 Å². The fourth-order valence-electron chi connectivity index (χ4n) is 8.40. The lowest BCUT2D eigenvalue weighted by Crippen LogP contribution is -2.54. The van der Waals surface area contributed by atoms with Crippen molar-refractivity contribution in [2.24, 2.45) is 0 Å². The van der Waals surface area contributed by atoms with E-state index in [9.17, 15) is 33.9 Å². The van der Waals surface area contributed by atoms with Gasteiger partial charge in [0.1, 0.15) is 18.2 Å². The smallest absolute Gasteiger partial charge is 0.264 e. The van der Waals surface area contributed by atoms with Crippen LogP contribution < -0.4 is 26.2 Å². The normalized spacial score (nSPS) is 20.2. The molecular weight excluding hydrogens is 822 g/mol. The van der Waals surface area contributed by atoms with Gasteiger partial charge in [0, 0.05) is 81.5 Å². The first kappa shape index (κ1) is 44.5. The van der Waals surface area contributed by atoms with Crippen molar-refractivity contribution in [2.75, 3.05) is 89.0 Å². The van der Waals surface area contributed by atoms with Gasteiger partial charge in [0.05, 0.1) is 55.3 Å². The molecular formula is C43H52ClN9O9. The number of rotatable bonds is 19. The predicted molar refractivity (Wildman–Crippen MR) is 227 cm³/mol. The second-order valence-corrected chi connectivity index (χ2v) is 16.1. The van der Waals surface area contributed by atoms with Gasteiger partial charge in [-0.15, -0.1) is 0 Å². The molecule has 1 aliphatic carbocycles. The second-order valence-electron chi connectivity index (χ2n) is 15.7. The lowest BCUT2D eigenvalue weighted by atomic mass is 9.97. The van der Waals surface area contributed by atoms with Crippen molar-refractivity contribution < 1.29 is 43.3 Å². The van der Waals surface area contributed by atoms with Crippen molar-refractivity contribution in [1.29, 1.82) is 0 Å². The van der Waals surface area contributed by atoms with E-state index >= 15 is 0 Å². The van der Waals surface area contributed by atoms with Gasteiger partial charge in [-0.2, -0.15) is 0 Å².